The number of aryl methyl sites for hydroxylation is 1. The van der Waals surface area contributed by atoms with E-state index >= 15 is 0 Å². The number of rotatable bonds is 7. The van der Waals surface area contributed by atoms with E-state index in [1.54, 1.807) is 0 Å². The highest BCUT2D eigenvalue weighted by molar-refractivity contribution is 5.76. The molecule has 0 saturated heterocycles. The van der Waals surface area contributed by atoms with Crippen molar-refractivity contribution in [2.24, 2.45) is 5.73 Å². The van der Waals surface area contributed by atoms with Gasteiger partial charge in [0.1, 0.15) is 11.5 Å². The summed E-state index contributed by atoms with van der Waals surface area (Å²) in [6, 6.07) is 15.6. The van der Waals surface area contributed by atoms with Gasteiger partial charge in [0.15, 0.2) is 0 Å². The molecule has 0 heterocycles. The van der Waals surface area contributed by atoms with Crippen LogP contribution in [0.3, 0.4) is 0 Å². The first-order valence-electron chi connectivity index (χ1n) is 7.90. The molecular weight excluding hydrogens is 288 g/mol. The molecule has 4 heteroatoms. The number of carbonyl (C=O) groups excluding carboxylic acids is 1. The number of benzene rings is 2. The fraction of sp³-hybridized carbons (Fsp3) is 0.316. The minimum atomic E-state index is 0.00740. The predicted octanol–water partition coefficient (Wildman–Crippen LogP) is 3.53. The number of para-hydroxylation sites is 2. The molecule has 0 aromatic heterocycles. The van der Waals surface area contributed by atoms with Gasteiger partial charge in [-0.15, -0.1) is 0 Å². The second-order valence-corrected chi connectivity index (χ2v) is 5.77. The van der Waals surface area contributed by atoms with Crippen molar-refractivity contribution in [3.8, 4) is 11.5 Å². The molecular formula is C19H24N2O2. The summed E-state index contributed by atoms with van der Waals surface area (Å²) >= 11 is 0. The third-order valence-corrected chi connectivity index (χ3v) is 3.59. The summed E-state index contributed by atoms with van der Waals surface area (Å²) in [6.45, 7) is 4.35. The lowest BCUT2D eigenvalue weighted by molar-refractivity contribution is -0.121. The van der Waals surface area contributed by atoms with Gasteiger partial charge >= 0.3 is 0 Å². The van der Waals surface area contributed by atoms with E-state index in [-0.39, 0.29) is 11.9 Å². The largest absolute Gasteiger partial charge is 0.457 e. The maximum Gasteiger partial charge on any atom is 0.220 e. The zero-order chi connectivity index (χ0) is 16.7. The Hall–Kier alpha value is -2.33. The van der Waals surface area contributed by atoms with Gasteiger partial charge in [-0.3, -0.25) is 4.79 Å². The number of hydrogen-bond acceptors (Lipinski definition) is 3. The summed E-state index contributed by atoms with van der Waals surface area (Å²) in [5, 5.41) is 2.92. The minimum Gasteiger partial charge on any atom is -0.457 e. The SMILES string of the molecule is Cc1ccccc1Oc1ccccc1CNC(=O)CCC(C)N. The van der Waals surface area contributed by atoms with Gasteiger partial charge < -0.3 is 15.8 Å². The zero-order valence-electron chi connectivity index (χ0n) is 13.7. The molecule has 0 bridgehead atoms. The second-order valence-electron chi connectivity index (χ2n) is 5.77. The Labute approximate surface area is 137 Å². The molecule has 0 fully saturated rings. The highest BCUT2D eigenvalue weighted by Crippen LogP contribution is 2.27. The lowest BCUT2D eigenvalue weighted by atomic mass is 10.1. The van der Waals surface area contributed by atoms with E-state index in [2.05, 4.69) is 5.32 Å². The van der Waals surface area contributed by atoms with Crippen LogP contribution in [0, 0.1) is 6.92 Å². The van der Waals surface area contributed by atoms with E-state index in [9.17, 15) is 4.79 Å². The van der Waals surface area contributed by atoms with Crippen molar-refractivity contribution < 1.29 is 9.53 Å². The molecule has 1 unspecified atom stereocenters. The molecule has 23 heavy (non-hydrogen) atoms. The van der Waals surface area contributed by atoms with Crippen LogP contribution >= 0.6 is 0 Å². The quantitative estimate of drug-likeness (QED) is 0.822. The van der Waals surface area contributed by atoms with Crippen molar-refractivity contribution in [1.82, 2.24) is 5.32 Å². The van der Waals surface area contributed by atoms with Gasteiger partial charge in [0.05, 0.1) is 0 Å². The number of carbonyl (C=O) groups is 1. The first-order chi connectivity index (χ1) is 11.1. The summed E-state index contributed by atoms with van der Waals surface area (Å²) < 4.78 is 6.00. The molecule has 0 saturated carbocycles. The molecule has 3 N–H and O–H groups in total. The first-order valence-corrected chi connectivity index (χ1v) is 7.90. The predicted molar refractivity (Wildman–Crippen MR) is 92.4 cm³/mol. The molecule has 0 aliphatic carbocycles. The molecule has 0 aliphatic rings. The second kappa shape index (κ2) is 8.34. The van der Waals surface area contributed by atoms with E-state index in [1.807, 2.05) is 62.4 Å². The van der Waals surface area contributed by atoms with Crippen molar-refractivity contribution in [1.29, 1.82) is 0 Å². The summed E-state index contributed by atoms with van der Waals surface area (Å²) in [5.41, 5.74) is 7.69. The molecule has 2 rings (SSSR count). The van der Waals surface area contributed by atoms with Gasteiger partial charge in [-0.05, 0) is 38.0 Å². The highest BCUT2D eigenvalue weighted by atomic mass is 16.5. The summed E-state index contributed by atoms with van der Waals surface area (Å²) in [7, 11) is 0. The van der Waals surface area contributed by atoms with Gasteiger partial charge in [-0.2, -0.15) is 0 Å². The van der Waals surface area contributed by atoms with Gasteiger partial charge in [0, 0.05) is 24.6 Å². The van der Waals surface area contributed by atoms with E-state index in [1.165, 1.54) is 0 Å². The van der Waals surface area contributed by atoms with E-state index < -0.39 is 0 Å². The maximum atomic E-state index is 11.8. The van der Waals surface area contributed by atoms with E-state index in [0.29, 0.717) is 19.4 Å². The fourth-order valence-corrected chi connectivity index (χ4v) is 2.18. The zero-order valence-corrected chi connectivity index (χ0v) is 13.7. The van der Waals surface area contributed by atoms with Gasteiger partial charge in [0.25, 0.3) is 0 Å². The summed E-state index contributed by atoms with van der Waals surface area (Å²) in [6.07, 6.45) is 1.13. The molecule has 1 atom stereocenters. The van der Waals surface area contributed by atoms with Crippen LogP contribution in [-0.4, -0.2) is 11.9 Å². The van der Waals surface area contributed by atoms with Crippen LogP contribution in [0.1, 0.15) is 30.9 Å². The molecule has 0 radical (unpaired) electrons. The van der Waals surface area contributed by atoms with Crippen LogP contribution in [0.5, 0.6) is 11.5 Å². The van der Waals surface area contributed by atoms with Crippen LogP contribution in [0.2, 0.25) is 0 Å². The number of hydrogen-bond donors (Lipinski definition) is 2. The lowest BCUT2D eigenvalue weighted by Crippen LogP contribution is -2.25. The smallest absolute Gasteiger partial charge is 0.220 e. The summed E-state index contributed by atoms with van der Waals surface area (Å²) in [4.78, 5) is 11.8. The topological polar surface area (TPSA) is 64.3 Å². The van der Waals surface area contributed by atoms with Crippen LogP contribution in [0.4, 0.5) is 0 Å². The fourth-order valence-electron chi connectivity index (χ4n) is 2.18. The third-order valence-electron chi connectivity index (χ3n) is 3.59. The van der Waals surface area contributed by atoms with Crippen LogP contribution < -0.4 is 15.8 Å². The van der Waals surface area contributed by atoms with Crippen LogP contribution in [0.15, 0.2) is 48.5 Å². The van der Waals surface area contributed by atoms with Gasteiger partial charge in [-0.1, -0.05) is 36.4 Å². The standard InChI is InChI=1S/C19H24N2O2/c1-14-7-3-5-9-17(14)23-18-10-6-4-8-16(18)13-21-19(22)12-11-15(2)20/h3-10,15H,11-13,20H2,1-2H3,(H,21,22). The highest BCUT2D eigenvalue weighted by Gasteiger charge is 2.08. The molecule has 122 valence electrons. The van der Waals surface area contributed by atoms with Crippen molar-refractivity contribution in [3.05, 3.63) is 59.7 Å². The lowest BCUT2D eigenvalue weighted by Gasteiger charge is -2.13. The van der Waals surface area contributed by atoms with Crippen molar-refractivity contribution >= 4 is 5.91 Å². The molecule has 1 amide bonds. The Bertz CT molecular complexity index is 653. The first kappa shape index (κ1) is 17.0. The average Bonchev–Trinajstić information content (AvgIpc) is 2.54. The van der Waals surface area contributed by atoms with Crippen LogP contribution in [0.25, 0.3) is 0 Å². The molecule has 2 aromatic rings. The number of nitrogens with one attached hydrogen (secondary N) is 1. The Kier molecular flexibility index (Phi) is 6.18. The Balaban J connectivity index is 2.00. The minimum absolute atomic E-state index is 0.00740. The van der Waals surface area contributed by atoms with Gasteiger partial charge in [0.2, 0.25) is 5.91 Å². The van der Waals surface area contributed by atoms with Crippen LogP contribution in [-0.2, 0) is 11.3 Å². The normalized spacial score (nSPS) is 11.8. The maximum absolute atomic E-state index is 11.8. The number of nitrogens with two attached hydrogens (primary N) is 1. The van der Waals surface area contributed by atoms with E-state index in [0.717, 1.165) is 22.6 Å². The van der Waals surface area contributed by atoms with Crippen molar-refractivity contribution in [3.63, 3.8) is 0 Å². The van der Waals surface area contributed by atoms with Crippen molar-refractivity contribution in [2.45, 2.75) is 39.3 Å². The van der Waals surface area contributed by atoms with Gasteiger partial charge in [-0.25, -0.2) is 0 Å². The molecule has 0 spiro atoms. The van der Waals surface area contributed by atoms with Crippen molar-refractivity contribution in [2.75, 3.05) is 0 Å². The average molecular weight is 312 g/mol. The number of amides is 1. The monoisotopic (exact) mass is 312 g/mol. The Morgan fingerprint density at radius 1 is 1.13 bits per heavy atom. The molecule has 0 aliphatic heterocycles. The third kappa shape index (κ3) is 5.42. The Morgan fingerprint density at radius 2 is 1.78 bits per heavy atom. The summed E-state index contributed by atoms with van der Waals surface area (Å²) in [5.74, 6) is 1.59. The molecule has 4 nitrogen and oxygen atoms in total. The Morgan fingerprint density at radius 3 is 2.48 bits per heavy atom. The molecule has 2 aromatic carbocycles. The number of ether oxygens (including phenoxy) is 1. The van der Waals surface area contributed by atoms with E-state index in [4.69, 9.17) is 10.5 Å².